The van der Waals surface area contributed by atoms with Crippen molar-refractivity contribution < 1.29 is 13.2 Å². The van der Waals surface area contributed by atoms with Crippen molar-refractivity contribution in [3.63, 3.8) is 0 Å². The van der Waals surface area contributed by atoms with E-state index in [4.69, 9.17) is 0 Å². The van der Waals surface area contributed by atoms with Gasteiger partial charge in [0.05, 0.1) is 5.56 Å². The Morgan fingerprint density at radius 1 is 1.19 bits per heavy atom. The molecule has 1 N–H and O–H groups in total. The molecule has 1 aromatic heterocycles. The van der Waals surface area contributed by atoms with Gasteiger partial charge in [0.2, 0.25) is 0 Å². The second kappa shape index (κ2) is 5.71. The van der Waals surface area contributed by atoms with Crippen LogP contribution in [0.1, 0.15) is 19.4 Å². The van der Waals surface area contributed by atoms with Gasteiger partial charge >= 0.3 is 6.18 Å². The first-order valence-electron chi connectivity index (χ1n) is 6.96. The van der Waals surface area contributed by atoms with Gasteiger partial charge in [-0.2, -0.15) is 13.2 Å². The fourth-order valence-electron chi connectivity index (χ4n) is 2.56. The van der Waals surface area contributed by atoms with Gasteiger partial charge in [-0.05, 0) is 33.0 Å². The first-order valence-corrected chi connectivity index (χ1v) is 6.96. The Hall–Kier alpha value is -1.50. The van der Waals surface area contributed by atoms with Crippen LogP contribution in [-0.2, 0) is 6.18 Å². The summed E-state index contributed by atoms with van der Waals surface area (Å²) in [4.78, 5) is 8.43. The minimum atomic E-state index is -4.37. The summed E-state index contributed by atoms with van der Waals surface area (Å²) in [5, 5.41) is 2.70. The summed E-state index contributed by atoms with van der Waals surface area (Å²) in [6.45, 7) is 5.46. The van der Waals surface area contributed by atoms with E-state index in [1.54, 1.807) is 7.05 Å². The van der Waals surface area contributed by atoms with Gasteiger partial charge in [-0.15, -0.1) is 0 Å². The van der Waals surface area contributed by atoms with Crippen molar-refractivity contribution >= 4 is 11.6 Å². The number of anilines is 2. The van der Waals surface area contributed by atoms with Crippen molar-refractivity contribution in [3.8, 4) is 0 Å². The number of hydrogen-bond donors (Lipinski definition) is 1. The van der Waals surface area contributed by atoms with Crippen LogP contribution in [0, 0.1) is 0 Å². The number of aromatic nitrogens is 1. The fourth-order valence-corrected chi connectivity index (χ4v) is 2.56. The van der Waals surface area contributed by atoms with Crippen molar-refractivity contribution in [2.75, 3.05) is 37.4 Å². The Morgan fingerprint density at radius 2 is 1.76 bits per heavy atom. The summed E-state index contributed by atoms with van der Waals surface area (Å²) in [5.74, 6) is 0.611. The molecular formula is C14H21F3N4. The number of halogens is 3. The van der Waals surface area contributed by atoms with Gasteiger partial charge < -0.3 is 10.2 Å². The number of piperazine rings is 1. The van der Waals surface area contributed by atoms with E-state index in [-0.39, 0.29) is 17.9 Å². The molecule has 0 aliphatic carbocycles. The average molecular weight is 302 g/mol. The van der Waals surface area contributed by atoms with Crippen LogP contribution >= 0.6 is 0 Å². The molecule has 0 amide bonds. The van der Waals surface area contributed by atoms with Crippen LogP contribution < -0.4 is 10.2 Å². The van der Waals surface area contributed by atoms with Gasteiger partial charge in [0.1, 0.15) is 11.6 Å². The van der Waals surface area contributed by atoms with Crippen LogP contribution in [-0.4, -0.2) is 49.2 Å². The summed E-state index contributed by atoms with van der Waals surface area (Å²) in [7, 11) is 3.60. The first kappa shape index (κ1) is 15.9. The number of rotatable bonds is 2. The SMILES string of the molecule is CNc1cc(C(F)(F)F)cc(N2CC(C)N(C)C(C)C2)n1. The molecule has 4 nitrogen and oxygen atoms in total. The van der Waals surface area contributed by atoms with E-state index >= 15 is 0 Å². The van der Waals surface area contributed by atoms with E-state index in [9.17, 15) is 13.2 Å². The molecule has 2 heterocycles. The van der Waals surface area contributed by atoms with Crippen molar-refractivity contribution in [2.45, 2.75) is 32.1 Å². The van der Waals surface area contributed by atoms with E-state index in [0.29, 0.717) is 18.9 Å². The van der Waals surface area contributed by atoms with Crippen molar-refractivity contribution in [1.29, 1.82) is 0 Å². The molecule has 0 spiro atoms. The minimum Gasteiger partial charge on any atom is -0.373 e. The van der Waals surface area contributed by atoms with Gasteiger partial charge in [-0.25, -0.2) is 4.98 Å². The lowest BCUT2D eigenvalue weighted by Crippen LogP contribution is -2.55. The predicted octanol–water partition coefficient (Wildman–Crippen LogP) is 2.67. The highest BCUT2D eigenvalue weighted by molar-refractivity contribution is 5.51. The lowest BCUT2D eigenvalue weighted by atomic mass is 10.1. The number of pyridine rings is 1. The minimum absolute atomic E-state index is 0.235. The number of alkyl halides is 3. The summed E-state index contributed by atoms with van der Waals surface area (Å²) < 4.78 is 39.0. The molecule has 1 saturated heterocycles. The highest BCUT2D eigenvalue weighted by Crippen LogP contribution is 2.33. The third-order valence-electron chi connectivity index (χ3n) is 4.08. The third kappa shape index (κ3) is 3.40. The van der Waals surface area contributed by atoms with Crippen LogP contribution in [0.15, 0.2) is 12.1 Å². The van der Waals surface area contributed by atoms with Gasteiger partial charge in [0.15, 0.2) is 0 Å². The van der Waals surface area contributed by atoms with E-state index in [1.165, 1.54) is 0 Å². The normalized spacial score (nSPS) is 24.2. The maximum atomic E-state index is 13.0. The molecule has 1 aliphatic heterocycles. The summed E-state index contributed by atoms with van der Waals surface area (Å²) in [6.07, 6.45) is -4.37. The molecule has 1 aliphatic rings. The molecule has 0 radical (unpaired) electrons. The molecule has 7 heteroatoms. The van der Waals surface area contributed by atoms with Crippen LogP contribution in [0.2, 0.25) is 0 Å². The van der Waals surface area contributed by atoms with E-state index in [1.807, 2.05) is 11.9 Å². The molecule has 0 aromatic carbocycles. The van der Waals surface area contributed by atoms with E-state index in [0.717, 1.165) is 12.1 Å². The van der Waals surface area contributed by atoms with Crippen molar-refractivity contribution in [3.05, 3.63) is 17.7 Å². The van der Waals surface area contributed by atoms with E-state index < -0.39 is 11.7 Å². The quantitative estimate of drug-likeness (QED) is 0.910. The second-order valence-electron chi connectivity index (χ2n) is 5.62. The molecule has 1 fully saturated rings. The van der Waals surface area contributed by atoms with Crippen LogP contribution in [0.4, 0.5) is 24.8 Å². The fraction of sp³-hybridized carbons (Fsp3) is 0.643. The monoisotopic (exact) mass is 302 g/mol. The zero-order valence-electron chi connectivity index (χ0n) is 12.7. The lowest BCUT2D eigenvalue weighted by Gasteiger charge is -2.43. The topological polar surface area (TPSA) is 31.4 Å². The van der Waals surface area contributed by atoms with Gasteiger partial charge in [-0.3, -0.25) is 4.90 Å². The maximum Gasteiger partial charge on any atom is 0.416 e. The Morgan fingerprint density at radius 3 is 2.24 bits per heavy atom. The van der Waals surface area contributed by atoms with Gasteiger partial charge in [0.25, 0.3) is 0 Å². The van der Waals surface area contributed by atoms with Crippen molar-refractivity contribution in [1.82, 2.24) is 9.88 Å². The molecule has 0 saturated carbocycles. The largest absolute Gasteiger partial charge is 0.416 e. The summed E-state index contributed by atoms with van der Waals surface area (Å²) in [5.41, 5.74) is -0.670. The Bertz CT molecular complexity index is 491. The number of likely N-dealkylation sites (N-methyl/N-ethyl adjacent to an activating group) is 1. The standard InChI is InChI=1S/C14H21F3N4/c1-9-7-21(8-10(2)20(9)4)13-6-11(14(15,16)17)5-12(18-3)19-13/h5-6,9-10H,7-8H2,1-4H3,(H,18,19). The number of hydrogen-bond acceptors (Lipinski definition) is 4. The predicted molar refractivity (Wildman–Crippen MR) is 77.7 cm³/mol. The number of nitrogens with zero attached hydrogens (tertiary/aromatic N) is 3. The third-order valence-corrected chi connectivity index (χ3v) is 4.08. The molecule has 21 heavy (non-hydrogen) atoms. The Kier molecular flexibility index (Phi) is 4.32. The Labute approximate surface area is 122 Å². The van der Waals surface area contributed by atoms with E-state index in [2.05, 4.69) is 29.0 Å². The highest BCUT2D eigenvalue weighted by atomic mass is 19.4. The molecule has 2 rings (SSSR count). The molecule has 118 valence electrons. The Balaban J connectivity index is 2.35. The zero-order valence-corrected chi connectivity index (χ0v) is 12.7. The molecule has 0 bridgehead atoms. The van der Waals surface area contributed by atoms with Crippen LogP contribution in [0.5, 0.6) is 0 Å². The van der Waals surface area contributed by atoms with Gasteiger partial charge in [0, 0.05) is 32.2 Å². The van der Waals surface area contributed by atoms with Gasteiger partial charge in [-0.1, -0.05) is 0 Å². The first-order chi connectivity index (χ1) is 9.72. The highest BCUT2D eigenvalue weighted by Gasteiger charge is 2.33. The molecular weight excluding hydrogens is 281 g/mol. The average Bonchev–Trinajstić information content (AvgIpc) is 2.42. The molecule has 2 atom stereocenters. The summed E-state index contributed by atoms with van der Waals surface area (Å²) in [6, 6.07) is 2.70. The molecule has 1 aromatic rings. The lowest BCUT2D eigenvalue weighted by molar-refractivity contribution is -0.137. The maximum absolute atomic E-state index is 13.0. The molecule has 2 unspecified atom stereocenters. The zero-order chi connectivity index (χ0) is 15.8. The van der Waals surface area contributed by atoms with Crippen LogP contribution in [0.3, 0.4) is 0 Å². The second-order valence-corrected chi connectivity index (χ2v) is 5.62. The summed E-state index contributed by atoms with van der Waals surface area (Å²) >= 11 is 0. The smallest absolute Gasteiger partial charge is 0.373 e. The van der Waals surface area contributed by atoms with Crippen LogP contribution in [0.25, 0.3) is 0 Å². The van der Waals surface area contributed by atoms with Crippen molar-refractivity contribution in [2.24, 2.45) is 0 Å². The number of nitrogens with one attached hydrogen (secondary N) is 1.